The molecule has 2 rings (SSSR count). The minimum absolute atomic E-state index is 0.177. The molecule has 2 aromatic rings. The normalized spacial score (nSPS) is 10.1. The Morgan fingerprint density at radius 2 is 2.09 bits per heavy atom. The van der Waals surface area contributed by atoms with E-state index in [4.69, 9.17) is 14.6 Å². The Balaban J connectivity index is 2.23. The van der Waals surface area contributed by atoms with Gasteiger partial charge in [-0.15, -0.1) is 0 Å². The van der Waals surface area contributed by atoms with Crippen molar-refractivity contribution in [3.63, 3.8) is 0 Å². The molecule has 0 aliphatic rings. The van der Waals surface area contributed by atoms with Crippen LogP contribution in [0.25, 0.3) is 0 Å². The largest absolute Gasteiger partial charge is 0.493 e. The Morgan fingerprint density at radius 3 is 2.73 bits per heavy atom. The van der Waals surface area contributed by atoms with Crippen molar-refractivity contribution in [2.45, 2.75) is 6.61 Å². The van der Waals surface area contributed by atoms with E-state index in [-0.39, 0.29) is 12.2 Å². The van der Waals surface area contributed by atoms with Crippen molar-refractivity contribution < 1.29 is 24.2 Å². The average Bonchev–Trinajstić information content (AvgIpc) is 2.53. The second kappa shape index (κ2) is 7.09. The molecule has 0 unspecified atom stereocenters. The summed E-state index contributed by atoms with van der Waals surface area (Å²) in [6.45, 7) is 0.177. The molecule has 0 aliphatic heterocycles. The molecule has 1 N–H and O–H groups in total. The number of aromatic carboxylic acids is 1. The number of rotatable bonds is 6. The van der Waals surface area contributed by atoms with E-state index in [0.717, 1.165) is 0 Å². The maximum absolute atomic E-state index is 11.0. The van der Waals surface area contributed by atoms with Gasteiger partial charge < -0.3 is 14.6 Å². The van der Waals surface area contributed by atoms with Gasteiger partial charge in [0.25, 0.3) is 0 Å². The average molecular weight is 365 g/mol. The zero-order valence-electron chi connectivity index (χ0n) is 11.7. The zero-order chi connectivity index (χ0) is 16.1. The summed E-state index contributed by atoms with van der Waals surface area (Å²) in [4.78, 5) is 21.8. The Labute approximate surface area is 135 Å². The summed E-state index contributed by atoms with van der Waals surface area (Å²) >= 11 is 3.33. The molecule has 0 heterocycles. The number of carboxylic acid groups (broad SMARTS) is 1. The number of carbonyl (C=O) groups is 2. The Kier molecular flexibility index (Phi) is 5.16. The fourth-order valence-corrected chi connectivity index (χ4v) is 2.47. The molecule has 0 aromatic heterocycles. The number of benzene rings is 2. The number of methoxy groups -OCH3 is 1. The van der Waals surface area contributed by atoms with Crippen LogP contribution in [0, 0.1) is 0 Å². The first-order valence-electron chi connectivity index (χ1n) is 6.33. The van der Waals surface area contributed by atoms with Crippen LogP contribution >= 0.6 is 15.9 Å². The van der Waals surface area contributed by atoms with Crippen LogP contribution in [0.1, 0.15) is 26.3 Å². The van der Waals surface area contributed by atoms with Crippen molar-refractivity contribution in [3.8, 4) is 11.5 Å². The third kappa shape index (κ3) is 3.65. The first-order valence-corrected chi connectivity index (χ1v) is 7.12. The highest BCUT2D eigenvalue weighted by Gasteiger charge is 2.12. The van der Waals surface area contributed by atoms with Crippen LogP contribution in [0.3, 0.4) is 0 Å². The van der Waals surface area contributed by atoms with Crippen LogP contribution in [-0.4, -0.2) is 24.5 Å². The summed E-state index contributed by atoms with van der Waals surface area (Å²) in [5, 5.41) is 8.98. The molecular formula is C16H13BrO5. The summed E-state index contributed by atoms with van der Waals surface area (Å²) in [7, 11) is 1.48. The minimum Gasteiger partial charge on any atom is -0.493 e. The second-order valence-corrected chi connectivity index (χ2v) is 5.30. The topological polar surface area (TPSA) is 72.8 Å². The van der Waals surface area contributed by atoms with Gasteiger partial charge in [-0.1, -0.05) is 12.1 Å². The molecule has 0 saturated carbocycles. The van der Waals surface area contributed by atoms with Crippen LogP contribution in [-0.2, 0) is 6.61 Å². The standard InChI is InChI=1S/C16H13BrO5/c1-21-14-7-11(8-18)6-13(17)15(14)22-9-10-3-2-4-12(5-10)16(19)20/h2-8H,9H2,1H3,(H,19,20). The highest BCUT2D eigenvalue weighted by molar-refractivity contribution is 9.10. The molecule has 0 spiro atoms. The quantitative estimate of drug-likeness (QED) is 0.793. The van der Waals surface area contributed by atoms with Gasteiger partial charge in [0.1, 0.15) is 12.9 Å². The highest BCUT2D eigenvalue weighted by atomic mass is 79.9. The fraction of sp³-hybridized carbons (Fsp3) is 0.125. The molecule has 114 valence electrons. The lowest BCUT2D eigenvalue weighted by atomic mass is 10.1. The van der Waals surface area contributed by atoms with E-state index >= 15 is 0 Å². The molecular weight excluding hydrogens is 352 g/mol. The van der Waals surface area contributed by atoms with E-state index < -0.39 is 5.97 Å². The number of aldehydes is 1. The lowest BCUT2D eigenvalue weighted by Gasteiger charge is -2.13. The number of halogens is 1. The summed E-state index contributed by atoms with van der Waals surface area (Å²) in [5.41, 5.74) is 1.38. The fourth-order valence-electron chi connectivity index (χ4n) is 1.90. The van der Waals surface area contributed by atoms with Gasteiger partial charge in [0.2, 0.25) is 0 Å². The molecule has 0 amide bonds. The predicted octanol–water partition coefficient (Wildman–Crippen LogP) is 3.55. The Hall–Kier alpha value is -2.34. The molecule has 5 nitrogen and oxygen atoms in total. The molecule has 0 fully saturated rings. The zero-order valence-corrected chi connectivity index (χ0v) is 13.3. The van der Waals surface area contributed by atoms with Gasteiger partial charge in [-0.05, 0) is 45.8 Å². The van der Waals surface area contributed by atoms with Crippen molar-refractivity contribution in [3.05, 3.63) is 57.6 Å². The summed E-state index contributed by atoms with van der Waals surface area (Å²) in [6.07, 6.45) is 0.716. The maximum Gasteiger partial charge on any atom is 0.335 e. The number of carboxylic acids is 1. The highest BCUT2D eigenvalue weighted by Crippen LogP contribution is 2.36. The maximum atomic E-state index is 11.0. The Bertz CT molecular complexity index is 712. The van der Waals surface area contributed by atoms with Crippen LogP contribution in [0.4, 0.5) is 0 Å². The first-order chi connectivity index (χ1) is 10.5. The van der Waals surface area contributed by atoms with Gasteiger partial charge in [-0.3, -0.25) is 4.79 Å². The predicted molar refractivity (Wildman–Crippen MR) is 83.8 cm³/mol. The molecule has 0 saturated heterocycles. The molecule has 0 atom stereocenters. The van der Waals surface area contributed by atoms with Gasteiger partial charge in [-0.2, -0.15) is 0 Å². The summed E-state index contributed by atoms with van der Waals surface area (Å²) in [5.74, 6) is -0.115. The SMILES string of the molecule is COc1cc(C=O)cc(Br)c1OCc1cccc(C(=O)O)c1. The van der Waals surface area contributed by atoms with Crippen LogP contribution in [0.15, 0.2) is 40.9 Å². The van der Waals surface area contributed by atoms with E-state index in [1.165, 1.54) is 13.2 Å². The van der Waals surface area contributed by atoms with Crippen molar-refractivity contribution in [1.82, 2.24) is 0 Å². The van der Waals surface area contributed by atoms with Crippen molar-refractivity contribution >= 4 is 28.2 Å². The number of ether oxygens (including phenoxy) is 2. The Morgan fingerprint density at radius 1 is 1.32 bits per heavy atom. The van der Waals surface area contributed by atoms with Crippen LogP contribution in [0.2, 0.25) is 0 Å². The number of hydrogen-bond acceptors (Lipinski definition) is 4. The van der Waals surface area contributed by atoms with Crippen molar-refractivity contribution in [1.29, 1.82) is 0 Å². The second-order valence-electron chi connectivity index (χ2n) is 4.45. The third-order valence-corrected chi connectivity index (χ3v) is 3.53. The van der Waals surface area contributed by atoms with E-state index in [2.05, 4.69) is 15.9 Å². The van der Waals surface area contributed by atoms with Gasteiger partial charge in [-0.25, -0.2) is 4.79 Å². The molecule has 6 heteroatoms. The van der Waals surface area contributed by atoms with Gasteiger partial charge >= 0.3 is 5.97 Å². The van der Waals surface area contributed by atoms with E-state index in [1.807, 2.05) is 0 Å². The molecule has 22 heavy (non-hydrogen) atoms. The minimum atomic E-state index is -0.990. The molecule has 0 bridgehead atoms. The van der Waals surface area contributed by atoms with Crippen molar-refractivity contribution in [2.24, 2.45) is 0 Å². The summed E-state index contributed by atoms with van der Waals surface area (Å²) < 4.78 is 11.5. The number of hydrogen-bond donors (Lipinski definition) is 1. The molecule has 0 aliphatic carbocycles. The van der Waals surface area contributed by atoms with Gasteiger partial charge in [0.05, 0.1) is 17.1 Å². The van der Waals surface area contributed by atoms with Crippen LogP contribution in [0.5, 0.6) is 11.5 Å². The van der Waals surface area contributed by atoms with E-state index in [1.54, 1.807) is 30.3 Å². The smallest absolute Gasteiger partial charge is 0.335 e. The van der Waals surface area contributed by atoms with Gasteiger partial charge in [0, 0.05) is 5.56 Å². The molecule has 2 aromatic carbocycles. The number of carbonyl (C=O) groups excluding carboxylic acids is 1. The lowest BCUT2D eigenvalue weighted by molar-refractivity contribution is 0.0696. The molecule has 0 radical (unpaired) electrons. The van der Waals surface area contributed by atoms with E-state index in [0.29, 0.717) is 33.4 Å². The first kappa shape index (κ1) is 16.0. The van der Waals surface area contributed by atoms with Gasteiger partial charge in [0.15, 0.2) is 11.5 Å². The lowest BCUT2D eigenvalue weighted by Crippen LogP contribution is -2.02. The van der Waals surface area contributed by atoms with E-state index in [9.17, 15) is 9.59 Å². The summed E-state index contributed by atoms with van der Waals surface area (Å²) in [6, 6.07) is 9.68. The van der Waals surface area contributed by atoms with Crippen LogP contribution < -0.4 is 9.47 Å². The van der Waals surface area contributed by atoms with Crippen molar-refractivity contribution in [2.75, 3.05) is 7.11 Å². The third-order valence-electron chi connectivity index (χ3n) is 2.94. The monoisotopic (exact) mass is 364 g/mol.